The second-order valence-electron chi connectivity index (χ2n) is 4.05. The minimum Gasteiger partial charge on any atom is -0.473 e. The molecule has 2 atom stereocenters. The molecule has 82 valence electrons. The zero-order valence-electron chi connectivity index (χ0n) is 9.15. The fourth-order valence-corrected chi connectivity index (χ4v) is 1.97. The second-order valence-corrected chi connectivity index (χ2v) is 4.05. The number of nitrogens with one attached hydrogen (secondary N) is 1. The van der Waals surface area contributed by atoms with Crippen molar-refractivity contribution in [2.75, 3.05) is 6.54 Å². The van der Waals surface area contributed by atoms with Crippen molar-refractivity contribution in [3.63, 3.8) is 0 Å². The molecule has 1 N–H and O–H groups in total. The van der Waals surface area contributed by atoms with Crippen molar-refractivity contribution in [3.8, 4) is 5.88 Å². The molecule has 1 aromatic heterocycles. The summed E-state index contributed by atoms with van der Waals surface area (Å²) in [5.74, 6) is 0.720. The molecule has 15 heavy (non-hydrogen) atoms. The number of piperidine rings is 1. The average molecular weight is 206 g/mol. The highest BCUT2D eigenvalue weighted by atomic mass is 16.5. The Morgan fingerprint density at radius 3 is 3.07 bits per heavy atom. The van der Waals surface area contributed by atoms with Crippen molar-refractivity contribution in [2.24, 2.45) is 0 Å². The molecule has 3 nitrogen and oxygen atoms in total. The Balaban J connectivity index is 1.88. The van der Waals surface area contributed by atoms with Crippen molar-refractivity contribution in [1.82, 2.24) is 10.3 Å². The van der Waals surface area contributed by atoms with Gasteiger partial charge >= 0.3 is 0 Å². The molecule has 0 amide bonds. The fourth-order valence-electron chi connectivity index (χ4n) is 1.97. The monoisotopic (exact) mass is 206 g/mol. The fraction of sp³-hybridized carbons (Fsp3) is 0.583. The van der Waals surface area contributed by atoms with Gasteiger partial charge in [0.1, 0.15) is 6.10 Å². The van der Waals surface area contributed by atoms with Gasteiger partial charge in [0.15, 0.2) is 0 Å². The Bertz CT molecular complexity index is 283. The molecule has 0 spiro atoms. The van der Waals surface area contributed by atoms with Crippen LogP contribution in [0.1, 0.15) is 26.2 Å². The zero-order valence-corrected chi connectivity index (χ0v) is 9.15. The highest BCUT2D eigenvalue weighted by Crippen LogP contribution is 2.15. The van der Waals surface area contributed by atoms with E-state index in [0.29, 0.717) is 6.04 Å². The summed E-state index contributed by atoms with van der Waals surface area (Å²) >= 11 is 0. The maximum absolute atomic E-state index is 5.78. The number of rotatable bonds is 3. The Hall–Kier alpha value is -1.09. The van der Waals surface area contributed by atoms with E-state index in [9.17, 15) is 0 Å². The largest absolute Gasteiger partial charge is 0.473 e. The Morgan fingerprint density at radius 2 is 2.40 bits per heavy atom. The van der Waals surface area contributed by atoms with Gasteiger partial charge < -0.3 is 10.1 Å². The van der Waals surface area contributed by atoms with Crippen molar-refractivity contribution >= 4 is 0 Å². The summed E-state index contributed by atoms with van der Waals surface area (Å²) in [7, 11) is 0. The first-order valence-corrected chi connectivity index (χ1v) is 5.67. The Labute approximate surface area is 90.9 Å². The molecule has 0 aliphatic carbocycles. The number of nitrogens with zero attached hydrogens (tertiary/aromatic N) is 1. The normalized spacial score (nSPS) is 23.4. The molecule has 1 aliphatic rings. The first kappa shape index (κ1) is 10.4. The van der Waals surface area contributed by atoms with E-state index in [1.165, 1.54) is 19.3 Å². The van der Waals surface area contributed by atoms with Crippen molar-refractivity contribution in [1.29, 1.82) is 0 Å². The van der Waals surface area contributed by atoms with Gasteiger partial charge in [-0.25, -0.2) is 4.98 Å². The SMILES string of the molecule is CC(Oc1ccccn1)C1CCCCN1. The number of hydrogen-bond donors (Lipinski definition) is 1. The summed E-state index contributed by atoms with van der Waals surface area (Å²) in [6.07, 6.45) is 5.74. The molecule has 0 aromatic carbocycles. The zero-order chi connectivity index (χ0) is 10.5. The van der Waals surface area contributed by atoms with Crippen LogP contribution in [-0.2, 0) is 0 Å². The first-order chi connectivity index (χ1) is 7.36. The van der Waals surface area contributed by atoms with Gasteiger partial charge in [0.2, 0.25) is 5.88 Å². The van der Waals surface area contributed by atoms with Crippen LogP contribution in [0.25, 0.3) is 0 Å². The molecule has 0 saturated carbocycles. The Morgan fingerprint density at radius 1 is 1.47 bits per heavy atom. The first-order valence-electron chi connectivity index (χ1n) is 5.67. The molecule has 0 bridgehead atoms. The van der Waals surface area contributed by atoms with Gasteiger partial charge in [0, 0.05) is 18.3 Å². The van der Waals surface area contributed by atoms with E-state index < -0.39 is 0 Å². The third-order valence-electron chi connectivity index (χ3n) is 2.86. The number of ether oxygens (including phenoxy) is 1. The molecule has 2 unspecified atom stereocenters. The summed E-state index contributed by atoms with van der Waals surface area (Å²) in [6.45, 7) is 3.22. The Kier molecular flexibility index (Phi) is 3.56. The van der Waals surface area contributed by atoms with Gasteiger partial charge in [-0.15, -0.1) is 0 Å². The summed E-state index contributed by atoms with van der Waals surface area (Å²) in [5.41, 5.74) is 0. The minimum absolute atomic E-state index is 0.195. The number of pyridine rings is 1. The van der Waals surface area contributed by atoms with E-state index in [2.05, 4.69) is 17.2 Å². The van der Waals surface area contributed by atoms with E-state index in [4.69, 9.17) is 4.74 Å². The molecule has 0 radical (unpaired) electrons. The number of hydrogen-bond acceptors (Lipinski definition) is 3. The summed E-state index contributed by atoms with van der Waals surface area (Å²) in [5, 5.41) is 3.49. The third kappa shape index (κ3) is 2.93. The van der Waals surface area contributed by atoms with Gasteiger partial charge in [0.05, 0.1) is 0 Å². The van der Waals surface area contributed by atoms with E-state index in [1.54, 1.807) is 6.20 Å². The molecule has 1 fully saturated rings. The minimum atomic E-state index is 0.195. The standard InChI is InChI=1S/C12H18N2O/c1-10(11-6-2-4-8-13-11)15-12-7-3-5-9-14-12/h3,5,7,9-11,13H,2,4,6,8H2,1H3. The molecule has 1 aromatic rings. The third-order valence-corrected chi connectivity index (χ3v) is 2.86. The average Bonchev–Trinajstić information content (AvgIpc) is 2.31. The van der Waals surface area contributed by atoms with E-state index in [1.807, 2.05) is 18.2 Å². The van der Waals surface area contributed by atoms with Crippen LogP contribution in [0.2, 0.25) is 0 Å². The maximum atomic E-state index is 5.78. The van der Waals surface area contributed by atoms with Gasteiger partial charge in [-0.05, 0) is 32.4 Å². The van der Waals surface area contributed by atoms with Crippen molar-refractivity contribution < 1.29 is 4.74 Å². The lowest BCUT2D eigenvalue weighted by atomic mass is 10.0. The smallest absolute Gasteiger partial charge is 0.213 e. The van der Waals surface area contributed by atoms with E-state index >= 15 is 0 Å². The van der Waals surface area contributed by atoms with Crippen LogP contribution in [0.4, 0.5) is 0 Å². The van der Waals surface area contributed by atoms with Crippen molar-refractivity contribution in [3.05, 3.63) is 24.4 Å². The summed E-state index contributed by atoms with van der Waals surface area (Å²) < 4.78 is 5.78. The van der Waals surface area contributed by atoms with Crippen LogP contribution in [-0.4, -0.2) is 23.7 Å². The van der Waals surface area contributed by atoms with Gasteiger partial charge in [-0.3, -0.25) is 0 Å². The predicted octanol–water partition coefficient (Wildman–Crippen LogP) is 1.99. The molecular weight excluding hydrogens is 188 g/mol. The lowest BCUT2D eigenvalue weighted by Crippen LogP contribution is -2.44. The van der Waals surface area contributed by atoms with Crippen LogP contribution < -0.4 is 10.1 Å². The van der Waals surface area contributed by atoms with Crippen LogP contribution in [0.3, 0.4) is 0 Å². The van der Waals surface area contributed by atoms with Crippen molar-refractivity contribution in [2.45, 2.75) is 38.3 Å². The predicted molar refractivity (Wildman–Crippen MR) is 60.0 cm³/mol. The molecule has 2 heterocycles. The molecule has 1 aliphatic heterocycles. The van der Waals surface area contributed by atoms with Gasteiger partial charge in [0.25, 0.3) is 0 Å². The lowest BCUT2D eigenvalue weighted by molar-refractivity contribution is 0.147. The van der Waals surface area contributed by atoms with Gasteiger partial charge in [-0.2, -0.15) is 0 Å². The summed E-state index contributed by atoms with van der Waals surface area (Å²) in [4.78, 5) is 4.16. The van der Waals surface area contributed by atoms with E-state index in [-0.39, 0.29) is 6.10 Å². The molecule has 1 saturated heterocycles. The molecule has 3 heteroatoms. The molecule has 2 rings (SSSR count). The topological polar surface area (TPSA) is 34.1 Å². The highest BCUT2D eigenvalue weighted by Gasteiger charge is 2.20. The lowest BCUT2D eigenvalue weighted by Gasteiger charge is -2.28. The van der Waals surface area contributed by atoms with Crippen LogP contribution >= 0.6 is 0 Å². The summed E-state index contributed by atoms with van der Waals surface area (Å²) in [6, 6.07) is 6.22. The highest BCUT2D eigenvalue weighted by molar-refractivity contribution is 5.09. The van der Waals surface area contributed by atoms with Crippen LogP contribution in [0.15, 0.2) is 24.4 Å². The second kappa shape index (κ2) is 5.12. The maximum Gasteiger partial charge on any atom is 0.213 e. The van der Waals surface area contributed by atoms with Crippen LogP contribution in [0, 0.1) is 0 Å². The quantitative estimate of drug-likeness (QED) is 0.821. The van der Waals surface area contributed by atoms with Gasteiger partial charge in [-0.1, -0.05) is 12.5 Å². The molecular formula is C12H18N2O. The number of aromatic nitrogens is 1. The van der Waals surface area contributed by atoms with E-state index in [0.717, 1.165) is 12.4 Å². The van der Waals surface area contributed by atoms with Crippen LogP contribution in [0.5, 0.6) is 5.88 Å².